The van der Waals surface area contributed by atoms with Gasteiger partial charge in [-0.15, -0.1) is 11.3 Å². The summed E-state index contributed by atoms with van der Waals surface area (Å²) in [7, 11) is 0. The fourth-order valence-corrected chi connectivity index (χ4v) is 3.80. The summed E-state index contributed by atoms with van der Waals surface area (Å²) in [6.45, 7) is 0. The molecule has 0 fully saturated rings. The predicted octanol–water partition coefficient (Wildman–Crippen LogP) is 6.94. The number of thiazole rings is 1. The Morgan fingerprint density at radius 2 is 2.00 bits per heavy atom. The highest BCUT2D eigenvalue weighted by atomic mass is 79.9. The molecule has 6 heteroatoms. The molecule has 0 aliphatic heterocycles. The van der Waals surface area contributed by atoms with Crippen LogP contribution in [0, 0.1) is 11.3 Å². The van der Waals surface area contributed by atoms with Crippen molar-refractivity contribution in [3.8, 4) is 17.3 Å². The van der Waals surface area contributed by atoms with Crippen molar-refractivity contribution in [2.45, 2.75) is 0 Å². The number of nitriles is 1. The summed E-state index contributed by atoms with van der Waals surface area (Å²) in [6.07, 6.45) is 1.82. The summed E-state index contributed by atoms with van der Waals surface area (Å²) >= 11 is 17.1. The summed E-state index contributed by atoms with van der Waals surface area (Å²) in [6, 6.07) is 15.2. The van der Waals surface area contributed by atoms with Gasteiger partial charge < -0.3 is 0 Å². The Morgan fingerprint density at radius 1 is 1.21 bits per heavy atom. The van der Waals surface area contributed by atoms with Gasteiger partial charge in [-0.3, -0.25) is 0 Å². The van der Waals surface area contributed by atoms with Crippen LogP contribution in [-0.2, 0) is 0 Å². The molecule has 0 unspecified atom stereocenters. The third-order valence-electron chi connectivity index (χ3n) is 3.27. The first-order valence-corrected chi connectivity index (χ1v) is 9.29. The van der Waals surface area contributed by atoms with E-state index in [1.165, 1.54) is 11.3 Å². The zero-order valence-electron chi connectivity index (χ0n) is 12.1. The minimum absolute atomic E-state index is 0.503. The van der Waals surface area contributed by atoms with Crippen molar-refractivity contribution < 1.29 is 0 Å². The molecule has 1 heterocycles. The molecular formula is C18H9BrCl2N2S. The lowest BCUT2D eigenvalue weighted by atomic mass is 10.1. The molecule has 0 atom stereocenters. The minimum atomic E-state index is 0.503. The summed E-state index contributed by atoms with van der Waals surface area (Å²) < 4.78 is 0.926. The Labute approximate surface area is 162 Å². The Bertz CT molecular complexity index is 973. The molecule has 0 spiro atoms. The third-order valence-corrected chi connectivity index (χ3v) is 5.41. The summed E-state index contributed by atoms with van der Waals surface area (Å²) in [5, 5.41) is 13.1. The number of hydrogen-bond donors (Lipinski definition) is 0. The van der Waals surface area contributed by atoms with Crippen LogP contribution in [0.2, 0.25) is 10.0 Å². The standard InChI is InChI=1S/C18H9BrCl2N2S/c19-15-4-2-1-3-11(15)7-12(9-22)18-23-17(10-24-18)14-6-5-13(20)8-16(14)21/h1-8,10H/b12-7-. The van der Waals surface area contributed by atoms with Gasteiger partial charge in [0.25, 0.3) is 0 Å². The summed E-state index contributed by atoms with van der Waals surface area (Å²) in [5.41, 5.74) is 2.95. The molecule has 24 heavy (non-hydrogen) atoms. The van der Waals surface area contributed by atoms with Crippen molar-refractivity contribution in [3.63, 3.8) is 0 Å². The van der Waals surface area contributed by atoms with E-state index in [0.717, 1.165) is 21.3 Å². The van der Waals surface area contributed by atoms with Crippen molar-refractivity contribution in [2.75, 3.05) is 0 Å². The van der Waals surface area contributed by atoms with Crippen LogP contribution in [0.15, 0.2) is 52.3 Å². The fraction of sp³-hybridized carbons (Fsp3) is 0. The second-order valence-corrected chi connectivity index (χ2v) is 7.41. The van der Waals surface area contributed by atoms with Gasteiger partial charge in [0, 0.05) is 20.4 Å². The number of aromatic nitrogens is 1. The van der Waals surface area contributed by atoms with E-state index in [0.29, 0.717) is 20.6 Å². The summed E-state index contributed by atoms with van der Waals surface area (Å²) in [4.78, 5) is 4.55. The van der Waals surface area contributed by atoms with E-state index < -0.39 is 0 Å². The smallest absolute Gasteiger partial charge is 0.134 e. The maximum atomic E-state index is 9.49. The first-order valence-electron chi connectivity index (χ1n) is 6.86. The Kier molecular flexibility index (Phi) is 5.37. The van der Waals surface area contributed by atoms with E-state index in [4.69, 9.17) is 23.2 Å². The Balaban J connectivity index is 2.00. The highest BCUT2D eigenvalue weighted by Gasteiger charge is 2.12. The number of allylic oxidation sites excluding steroid dienone is 1. The number of hydrogen-bond acceptors (Lipinski definition) is 3. The van der Waals surface area contributed by atoms with Gasteiger partial charge in [0.05, 0.1) is 16.3 Å². The largest absolute Gasteiger partial charge is 0.235 e. The molecule has 3 rings (SSSR count). The molecule has 0 aliphatic rings. The van der Waals surface area contributed by atoms with E-state index in [2.05, 4.69) is 27.0 Å². The van der Waals surface area contributed by atoms with Crippen molar-refractivity contribution in [1.29, 1.82) is 5.26 Å². The first kappa shape index (κ1) is 17.2. The van der Waals surface area contributed by atoms with Crippen LogP contribution in [0.4, 0.5) is 0 Å². The van der Waals surface area contributed by atoms with Gasteiger partial charge in [0.15, 0.2) is 0 Å². The van der Waals surface area contributed by atoms with Crippen LogP contribution < -0.4 is 0 Å². The molecule has 2 aromatic carbocycles. The normalized spacial score (nSPS) is 11.3. The lowest BCUT2D eigenvalue weighted by Gasteiger charge is -2.01. The van der Waals surface area contributed by atoms with E-state index in [9.17, 15) is 5.26 Å². The van der Waals surface area contributed by atoms with E-state index in [1.54, 1.807) is 12.1 Å². The summed E-state index contributed by atoms with van der Waals surface area (Å²) in [5.74, 6) is 0. The van der Waals surface area contributed by atoms with Crippen LogP contribution in [-0.4, -0.2) is 4.98 Å². The molecule has 2 nitrogen and oxygen atoms in total. The molecular weight excluding hydrogens is 427 g/mol. The monoisotopic (exact) mass is 434 g/mol. The first-order chi connectivity index (χ1) is 11.6. The maximum Gasteiger partial charge on any atom is 0.134 e. The number of benzene rings is 2. The Morgan fingerprint density at radius 3 is 2.71 bits per heavy atom. The van der Waals surface area contributed by atoms with Crippen LogP contribution in [0.1, 0.15) is 10.6 Å². The van der Waals surface area contributed by atoms with Crippen LogP contribution in [0.25, 0.3) is 22.9 Å². The number of nitrogens with zero attached hydrogens (tertiary/aromatic N) is 2. The quantitative estimate of drug-likeness (QED) is 0.417. The SMILES string of the molecule is N#C/C(=C/c1ccccc1Br)c1nc(-c2ccc(Cl)cc2Cl)cs1. The zero-order chi connectivity index (χ0) is 17.1. The van der Waals surface area contributed by atoms with Gasteiger partial charge in [0.2, 0.25) is 0 Å². The van der Waals surface area contributed by atoms with E-state index in [-0.39, 0.29) is 0 Å². The number of halogens is 3. The van der Waals surface area contributed by atoms with Gasteiger partial charge in [-0.2, -0.15) is 5.26 Å². The zero-order valence-corrected chi connectivity index (χ0v) is 16.0. The van der Waals surface area contributed by atoms with E-state index in [1.807, 2.05) is 41.8 Å². The highest BCUT2D eigenvalue weighted by Crippen LogP contribution is 2.33. The van der Waals surface area contributed by atoms with Gasteiger partial charge in [-0.25, -0.2) is 4.98 Å². The third kappa shape index (κ3) is 3.71. The van der Waals surface area contributed by atoms with Crippen molar-refractivity contribution in [3.05, 3.63) is 72.9 Å². The van der Waals surface area contributed by atoms with Gasteiger partial charge in [-0.1, -0.05) is 57.3 Å². The number of rotatable bonds is 3. The molecule has 0 saturated carbocycles. The molecule has 0 bridgehead atoms. The van der Waals surface area contributed by atoms with Gasteiger partial charge in [-0.05, 0) is 35.9 Å². The minimum Gasteiger partial charge on any atom is -0.235 e. The molecule has 118 valence electrons. The molecule has 0 saturated heterocycles. The van der Waals surface area contributed by atoms with E-state index >= 15 is 0 Å². The van der Waals surface area contributed by atoms with Crippen molar-refractivity contribution in [2.24, 2.45) is 0 Å². The lowest BCUT2D eigenvalue weighted by Crippen LogP contribution is -1.84. The maximum absolute atomic E-state index is 9.49. The molecule has 1 aromatic heterocycles. The highest BCUT2D eigenvalue weighted by molar-refractivity contribution is 9.10. The van der Waals surface area contributed by atoms with Gasteiger partial charge in [0.1, 0.15) is 11.1 Å². The Hall–Kier alpha value is -1.64. The predicted molar refractivity (Wildman–Crippen MR) is 105 cm³/mol. The van der Waals surface area contributed by atoms with Crippen LogP contribution >= 0.6 is 50.5 Å². The average molecular weight is 436 g/mol. The fourth-order valence-electron chi connectivity index (χ4n) is 2.11. The van der Waals surface area contributed by atoms with Crippen LogP contribution in [0.3, 0.4) is 0 Å². The van der Waals surface area contributed by atoms with Crippen LogP contribution in [0.5, 0.6) is 0 Å². The molecule has 0 aliphatic carbocycles. The van der Waals surface area contributed by atoms with Gasteiger partial charge >= 0.3 is 0 Å². The lowest BCUT2D eigenvalue weighted by molar-refractivity contribution is 1.37. The molecule has 0 radical (unpaired) electrons. The van der Waals surface area contributed by atoms with Crippen molar-refractivity contribution in [1.82, 2.24) is 4.98 Å². The molecule has 0 amide bonds. The topological polar surface area (TPSA) is 36.7 Å². The second kappa shape index (κ2) is 7.50. The van der Waals surface area contributed by atoms with Crippen molar-refractivity contribution >= 4 is 62.1 Å². The molecule has 3 aromatic rings. The average Bonchev–Trinajstić information content (AvgIpc) is 3.03. The molecule has 0 N–H and O–H groups in total. The second-order valence-electron chi connectivity index (χ2n) is 4.85.